The van der Waals surface area contributed by atoms with Gasteiger partial charge in [-0.3, -0.25) is 0 Å². The Morgan fingerprint density at radius 2 is 2.26 bits per heavy atom. The van der Waals surface area contributed by atoms with Crippen LogP contribution >= 0.6 is 0 Å². The van der Waals surface area contributed by atoms with Gasteiger partial charge in [-0.2, -0.15) is 4.80 Å². The summed E-state index contributed by atoms with van der Waals surface area (Å²) < 4.78 is 18.7. The lowest BCUT2D eigenvalue weighted by Crippen LogP contribution is -2.19. The Kier molecular flexibility index (Phi) is 4.06. The molecule has 2 rings (SSSR count). The molecule has 2 aromatic rings. The van der Waals surface area contributed by atoms with E-state index in [0.717, 1.165) is 5.56 Å². The van der Waals surface area contributed by atoms with E-state index in [1.165, 1.54) is 18.0 Å². The smallest absolute Gasteiger partial charge is 0.183 e. The van der Waals surface area contributed by atoms with Crippen LogP contribution in [0.1, 0.15) is 17.3 Å². The van der Waals surface area contributed by atoms with Crippen molar-refractivity contribution in [3.05, 3.63) is 35.4 Å². The summed E-state index contributed by atoms with van der Waals surface area (Å²) in [5.74, 6) is 0.226. The maximum Gasteiger partial charge on any atom is 0.183 e. The second-order valence-electron chi connectivity index (χ2n) is 4.14. The molecule has 1 unspecified atom stereocenters. The average Bonchev–Trinajstić information content (AvgIpc) is 2.82. The van der Waals surface area contributed by atoms with Crippen LogP contribution < -0.4 is 10.1 Å². The summed E-state index contributed by atoms with van der Waals surface area (Å²) in [7, 11) is 4.96. The summed E-state index contributed by atoms with van der Waals surface area (Å²) in [6.07, 6.45) is 0. The van der Waals surface area contributed by atoms with Gasteiger partial charge in [0, 0.05) is 6.54 Å². The summed E-state index contributed by atoms with van der Waals surface area (Å²) in [5, 5.41) is 15.0. The third kappa shape index (κ3) is 2.87. The first-order chi connectivity index (χ1) is 9.15. The number of halogens is 1. The number of aromatic nitrogens is 4. The highest BCUT2D eigenvalue weighted by atomic mass is 19.1. The average molecular weight is 265 g/mol. The molecule has 0 bridgehead atoms. The number of likely N-dealkylation sites (N-methyl/N-ethyl adjacent to an activating group) is 1. The first kappa shape index (κ1) is 13.4. The van der Waals surface area contributed by atoms with Crippen LogP contribution in [0, 0.1) is 5.82 Å². The third-order valence-electron chi connectivity index (χ3n) is 2.82. The van der Waals surface area contributed by atoms with Crippen LogP contribution in [0.5, 0.6) is 5.75 Å². The number of ether oxygens (including phenoxy) is 1. The minimum absolute atomic E-state index is 0.154. The second kappa shape index (κ2) is 5.75. The number of benzene rings is 1. The number of nitrogens with one attached hydrogen (secondary N) is 1. The van der Waals surface area contributed by atoms with Gasteiger partial charge in [0.1, 0.15) is 0 Å². The molecule has 1 atom stereocenters. The number of tetrazole rings is 1. The van der Waals surface area contributed by atoms with E-state index in [1.54, 1.807) is 19.2 Å². The first-order valence-corrected chi connectivity index (χ1v) is 5.87. The molecule has 0 spiro atoms. The molecule has 0 fully saturated rings. The van der Waals surface area contributed by atoms with E-state index in [4.69, 9.17) is 4.74 Å². The molecule has 1 aromatic heterocycles. The summed E-state index contributed by atoms with van der Waals surface area (Å²) in [6.45, 7) is 0.595. The molecule has 0 aliphatic carbocycles. The zero-order valence-electron chi connectivity index (χ0n) is 11.1. The fraction of sp³-hybridized carbons (Fsp3) is 0.417. The van der Waals surface area contributed by atoms with Crippen LogP contribution in [0.25, 0.3) is 0 Å². The predicted octanol–water partition coefficient (Wildman–Crippen LogP) is 0.709. The van der Waals surface area contributed by atoms with Gasteiger partial charge in [-0.1, -0.05) is 6.07 Å². The Morgan fingerprint density at radius 1 is 1.47 bits per heavy atom. The van der Waals surface area contributed by atoms with Crippen molar-refractivity contribution < 1.29 is 9.13 Å². The summed E-state index contributed by atoms with van der Waals surface area (Å²) in [6, 6.07) is 4.85. The van der Waals surface area contributed by atoms with Gasteiger partial charge in [0.15, 0.2) is 17.4 Å². The quantitative estimate of drug-likeness (QED) is 0.862. The summed E-state index contributed by atoms with van der Waals surface area (Å²) in [4.78, 5) is 1.39. The number of methoxy groups -OCH3 is 1. The van der Waals surface area contributed by atoms with Crippen molar-refractivity contribution in [3.8, 4) is 5.75 Å². The van der Waals surface area contributed by atoms with Crippen LogP contribution in [0.2, 0.25) is 0 Å². The molecule has 1 heterocycles. The monoisotopic (exact) mass is 265 g/mol. The second-order valence-corrected chi connectivity index (χ2v) is 4.14. The molecule has 0 amide bonds. The molecule has 0 aliphatic rings. The van der Waals surface area contributed by atoms with Crippen molar-refractivity contribution in [1.29, 1.82) is 0 Å². The SMILES string of the molecule is CNCC(c1ccc(OC)c(F)c1)c1nnn(C)n1. The molecule has 1 aromatic carbocycles. The van der Waals surface area contributed by atoms with E-state index in [0.29, 0.717) is 12.4 Å². The number of rotatable bonds is 5. The van der Waals surface area contributed by atoms with Gasteiger partial charge in [-0.15, -0.1) is 10.2 Å². The minimum atomic E-state index is -0.398. The molecule has 102 valence electrons. The standard InChI is InChI=1S/C12H16FN5O/c1-14-7-9(12-15-17-18(2)16-12)8-4-5-11(19-3)10(13)6-8/h4-6,9,14H,7H2,1-3H3. The lowest BCUT2D eigenvalue weighted by Gasteiger charge is -2.14. The van der Waals surface area contributed by atoms with Crippen LogP contribution in [0.15, 0.2) is 18.2 Å². The van der Waals surface area contributed by atoms with E-state index in [9.17, 15) is 4.39 Å². The van der Waals surface area contributed by atoms with Gasteiger partial charge in [0.05, 0.1) is 20.1 Å². The van der Waals surface area contributed by atoms with E-state index >= 15 is 0 Å². The van der Waals surface area contributed by atoms with Crippen LogP contribution in [0.3, 0.4) is 0 Å². The highest BCUT2D eigenvalue weighted by molar-refractivity contribution is 5.33. The molecular formula is C12H16FN5O. The number of nitrogens with zero attached hydrogens (tertiary/aromatic N) is 4. The van der Waals surface area contributed by atoms with Crippen LogP contribution in [-0.2, 0) is 7.05 Å². The van der Waals surface area contributed by atoms with Crippen LogP contribution in [0.4, 0.5) is 4.39 Å². The third-order valence-corrected chi connectivity index (χ3v) is 2.82. The van der Waals surface area contributed by atoms with E-state index in [-0.39, 0.29) is 11.7 Å². The maximum atomic E-state index is 13.8. The van der Waals surface area contributed by atoms with Crippen molar-refractivity contribution >= 4 is 0 Å². The highest BCUT2D eigenvalue weighted by Gasteiger charge is 2.20. The fourth-order valence-corrected chi connectivity index (χ4v) is 1.90. The predicted molar refractivity (Wildman–Crippen MR) is 67.5 cm³/mol. The van der Waals surface area contributed by atoms with Crippen molar-refractivity contribution in [2.24, 2.45) is 7.05 Å². The summed E-state index contributed by atoms with van der Waals surface area (Å²) in [5.41, 5.74) is 0.778. The highest BCUT2D eigenvalue weighted by Crippen LogP contribution is 2.25. The lowest BCUT2D eigenvalue weighted by molar-refractivity contribution is 0.386. The van der Waals surface area contributed by atoms with Gasteiger partial charge < -0.3 is 10.1 Å². The number of hydrogen-bond acceptors (Lipinski definition) is 5. The van der Waals surface area contributed by atoms with Crippen molar-refractivity contribution in [2.45, 2.75) is 5.92 Å². The molecule has 0 radical (unpaired) electrons. The molecule has 1 N–H and O–H groups in total. The van der Waals surface area contributed by atoms with Crippen molar-refractivity contribution in [2.75, 3.05) is 20.7 Å². The molecule has 0 aliphatic heterocycles. The Bertz CT molecular complexity index is 557. The van der Waals surface area contributed by atoms with Crippen molar-refractivity contribution in [3.63, 3.8) is 0 Å². The van der Waals surface area contributed by atoms with Gasteiger partial charge >= 0.3 is 0 Å². The Balaban J connectivity index is 2.36. The molecule has 0 saturated carbocycles. The number of hydrogen-bond donors (Lipinski definition) is 1. The van der Waals surface area contributed by atoms with E-state index in [1.807, 2.05) is 7.05 Å². The van der Waals surface area contributed by atoms with Gasteiger partial charge in [-0.05, 0) is 30.0 Å². The van der Waals surface area contributed by atoms with Gasteiger partial charge in [0.2, 0.25) is 0 Å². The van der Waals surface area contributed by atoms with Crippen LogP contribution in [-0.4, -0.2) is 40.9 Å². The largest absolute Gasteiger partial charge is 0.494 e. The normalized spacial score (nSPS) is 12.4. The summed E-state index contributed by atoms with van der Waals surface area (Å²) >= 11 is 0. The lowest BCUT2D eigenvalue weighted by atomic mass is 9.98. The Hall–Kier alpha value is -2.02. The number of aryl methyl sites for hydroxylation is 1. The molecule has 0 saturated heterocycles. The maximum absolute atomic E-state index is 13.8. The fourth-order valence-electron chi connectivity index (χ4n) is 1.90. The zero-order valence-corrected chi connectivity index (χ0v) is 11.1. The van der Waals surface area contributed by atoms with Gasteiger partial charge in [-0.25, -0.2) is 4.39 Å². The zero-order chi connectivity index (χ0) is 13.8. The first-order valence-electron chi connectivity index (χ1n) is 5.87. The molecule has 19 heavy (non-hydrogen) atoms. The molecule has 7 heteroatoms. The Labute approximate surface area is 110 Å². The Morgan fingerprint density at radius 3 is 2.79 bits per heavy atom. The molecule has 6 nitrogen and oxygen atoms in total. The topological polar surface area (TPSA) is 64.9 Å². The van der Waals surface area contributed by atoms with E-state index < -0.39 is 5.82 Å². The minimum Gasteiger partial charge on any atom is -0.494 e. The molecular weight excluding hydrogens is 249 g/mol. The van der Waals surface area contributed by atoms with Gasteiger partial charge in [0.25, 0.3) is 0 Å². The van der Waals surface area contributed by atoms with E-state index in [2.05, 4.69) is 20.7 Å². The van der Waals surface area contributed by atoms with Crippen molar-refractivity contribution in [1.82, 2.24) is 25.5 Å².